The highest BCUT2D eigenvalue weighted by Crippen LogP contribution is 2.17. The van der Waals surface area contributed by atoms with E-state index < -0.39 is 6.04 Å². The Bertz CT molecular complexity index is 588. The summed E-state index contributed by atoms with van der Waals surface area (Å²) in [4.78, 5) is 28.7. The minimum Gasteiger partial charge on any atom is -0.337 e. The highest BCUT2D eigenvalue weighted by atomic mass is 16.2. The van der Waals surface area contributed by atoms with Crippen molar-refractivity contribution >= 4 is 17.5 Å². The summed E-state index contributed by atoms with van der Waals surface area (Å²) >= 11 is 0. The predicted octanol–water partition coefficient (Wildman–Crippen LogP) is 1.92. The van der Waals surface area contributed by atoms with Crippen LogP contribution in [0.25, 0.3) is 0 Å². The highest BCUT2D eigenvalue weighted by molar-refractivity contribution is 5.97. The van der Waals surface area contributed by atoms with Gasteiger partial charge in [-0.1, -0.05) is 13.3 Å². The van der Waals surface area contributed by atoms with Crippen LogP contribution in [0.1, 0.15) is 43.0 Å². The van der Waals surface area contributed by atoms with Crippen LogP contribution in [0, 0.1) is 0 Å². The van der Waals surface area contributed by atoms with E-state index in [2.05, 4.69) is 17.3 Å². The molecule has 6 nitrogen and oxygen atoms in total. The number of carbonyl (C=O) groups is 2. The van der Waals surface area contributed by atoms with Crippen molar-refractivity contribution in [2.24, 2.45) is 5.73 Å². The number of nitrogens with two attached hydrogens (primary N) is 1. The molecule has 0 aliphatic carbocycles. The molecule has 1 heterocycles. The van der Waals surface area contributed by atoms with Crippen molar-refractivity contribution in [2.45, 2.75) is 44.7 Å². The average molecular weight is 346 g/mol. The molecule has 2 rings (SSSR count). The number of likely N-dealkylation sites (tertiary alicyclic amines) is 1. The largest absolute Gasteiger partial charge is 0.337 e. The van der Waals surface area contributed by atoms with Gasteiger partial charge in [0.25, 0.3) is 5.91 Å². The third-order valence-electron chi connectivity index (χ3n) is 4.80. The Morgan fingerprint density at radius 1 is 1.36 bits per heavy atom. The summed E-state index contributed by atoms with van der Waals surface area (Å²) in [6.07, 6.45) is 3.67. The zero-order valence-corrected chi connectivity index (χ0v) is 15.5. The predicted molar refractivity (Wildman–Crippen MR) is 101 cm³/mol. The van der Waals surface area contributed by atoms with Crippen molar-refractivity contribution in [1.29, 1.82) is 0 Å². The Morgan fingerprint density at radius 3 is 2.64 bits per heavy atom. The van der Waals surface area contributed by atoms with Crippen LogP contribution in [0.2, 0.25) is 0 Å². The normalized spacial score (nSPS) is 19.3. The fourth-order valence-corrected chi connectivity index (χ4v) is 3.20. The first-order valence-corrected chi connectivity index (χ1v) is 9.04. The van der Waals surface area contributed by atoms with Crippen LogP contribution < -0.4 is 11.1 Å². The number of nitrogens with zero attached hydrogens (tertiary/aromatic N) is 2. The molecule has 0 radical (unpaired) electrons. The van der Waals surface area contributed by atoms with E-state index in [9.17, 15) is 9.59 Å². The third-order valence-corrected chi connectivity index (χ3v) is 4.80. The van der Waals surface area contributed by atoms with Gasteiger partial charge in [0.05, 0.1) is 6.04 Å². The lowest BCUT2D eigenvalue weighted by Crippen LogP contribution is -2.47. The minimum atomic E-state index is -0.499. The lowest BCUT2D eigenvalue weighted by molar-refractivity contribution is -0.117. The van der Waals surface area contributed by atoms with E-state index in [0.717, 1.165) is 32.4 Å². The number of nitrogens with one attached hydrogen (secondary N) is 1. The van der Waals surface area contributed by atoms with Gasteiger partial charge >= 0.3 is 0 Å². The van der Waals surface area contributed by atoms with Crippen LogP contribution in [0.4, 0.5) is 5.69 Å². The van der Waals surface area contributed by atoms with Gasteiger partial charge in [-0.15, -0.1) is 0 Å². The van der Waals surface area contributed by atoms with Crippen molar-refractivity contribution in [3.05, 3.63) is 29.8 Å². The molecule has 2 atom stereocenters. The van der Waals surface area contributed by atoms with E-state index >= 15 is 0 Å². The van der Waals surface area contributed by atoms with Gasteiger partial charge in [-0.3, -0.25) is 9.59 Å². The zero-order chi connectivity index (χ0) is 18.4. The standard InChI is InChI=1S/C19H30N4O2/c1-4-6-17(20)18(24)21-15-10-8-14(9-11-15)19(25)23(3)16-7-5-12-22(2)13-16/h8-11,16-17H,4-7,12-13,20H2,1-3H3,(H,21,24). The minimum absolute atomic E-state index is 0.0147. The maximum Gasteiger partial charge on any atom is 0.253 e. The first-order valence-electron chi connectivity index (χ1n) is 9.04. The van der Waals surface area contributed by atoms with Crippen molar-refractivity contribution in [1.82, 2.24) is 9.80 Å². The highest BCUT2D eigenvalue weighted by Gasteiger charge is 2.25. The SMILES string of the molecule is CCCC(N)C(=O)Nc1ccc(C(=O)N(C)C2CCCN(C)C2)cc1. The summed E-state index contributed by atoms with van der Waals surface area (Å²) in [6.45, 7) is 3.99. The number of likely N-dealkylation sites (N-methyl/N-ethyl adjacent to an activating group) is 2. The van der Waals surface area contributed by atoms with Crippen LogP contribution in [0.5, 0.6) is 0 Å². The molecule has 25 heavy (non-hydrogen) atoms. The second-order valence-electron chi connectivity index (χ2n) is 6.94. The van der Waals surface area contributed by atoms with E-state index in [-0.39, 0.29) is 17.9 Å². The van der Waals surface area contributed by atoms with Crippen molar-refractivity contribution in [3.8, 4) is 0 Å². The summed E-state index contributed by atoms with van der Waals surface area (Å²) in [6, 6.07) is 6.77. The number of hydrogen-bond donors (Lipinski definition) is 2. The molecule has 1 aromatic carbocycles. The Hall–Kier alpha value is -1.92. The first-order chi connectivity index (χ1) is 11.9. The molecule has 138 valence electrons. The summed E-state index contributed by atoms with van der Waals surface area (Å²) in [5.41, 5.74) is 7.10. The molecular weight excluding hydrogens is 316 g/mol. The number of benzene rings is 1. The lowest BCUT2D eigenvalue weighted by Gasteiger charge is -2.35. The number of amides is 2. The molecule has 2 unspecified atom stereocenters. The van der Waals surface area contributed by atoms with Crippen LogP contribution in [0.15, 0.2) is 24.3 Å². The molecule has 1 fully saturated rings. The number of piperidine rings is 1. The first kappa shape index (κ1) is 19.4. The van der Waals surface area contributed by atoms with Crippen molar-refractivity contribution in [3.63, 3.8) is 0 Å². The summed E-state index contributed by atoms with van der Waals surface area (Å²) in [5.74, 6) is -0.177. The molecular formula is C19H30N4O2. The summed E-state index contributed by atoms with van der Waals surface area (Å²) in [7, 11) is 3.96. The van der Waals surface area contributed by atoms with Crippen LogP contribution in [-0.4, -0.2) is 60.9 Å². The third kappa shape index (κ3) is 5.28. The quantitative estimate of drug-likeness (QED) is 0.825. The molecule has 1 saturated heterocycles. The molecule has 0 spiro atoms. The molecule has 1 aliphatic rings. The van der Waals surface area contributed by atoms with Crippen molar-refractivity contribution in [2.75, 3.05) is 32.5 Å². The molecule has 0 aromatic heterocycles. The monoisotopic (exact) mass is 346 g/mol. The summed E-state index contributed by atoms with van der Waals surface area (Å²) < 4.78 is 0. The molecule has 3 N–H and O–H groups in total. The van der Waals surface area contributed by atoms with Gasteiger partial charge in [-0.2, -0.15) is 0 Å². The Labute approximate surface area is 150 Å². The number of carbonyl (C=O) groups excluding carboxylic acids is 2. The van der Waals surface area contributed by atoms with Gasteiger partial charge in [0.1, 0.15) is 0 Å². The maximum absolute atomic E-state index is 12.7. The average Bonchev–Trinajstić information content (AvgIpc) is 2.61. The van der Waals surface area contributed by atoms with E-state index in [1.54, 1.807) is 24.3 Å². The van der Waals surface area contributed by atoms with Crippen LogP contribution in [0.3, 0.4) is 0 Å². The van der Waals surface area contributed by atoms with E-state index in [0.29, 0.717) is 17.7 Å². The van der Waals surface area contributed by atoms with Gasteiger partial charge in [0.15, 0.2) is 0 Å². The Balaban J connectivity index is 1.96. The molecule has 0 saturated carbocycles. The fourth-order valence-electron chi connectivity index (χ4n) is 3.20. The molecule has 6 heteroatoms. The number of hydrogen-bond acceptors (Lipinski definition) is 4. The van der Waals surface area contributed by atoms with Crippen LogP contribution >= 0.6 is 0 Å². The zero-order valence-electron chi connectivity index (χ0n) is 15.5. The lowest BCUT2D eigenvalue weighted by atomic mass is 10.0. The smallest absolute Gasteiger partial charge is 0.253 e. The van der Waals surface area contributed by atoms with Crippen molar-refractivity contribution < 1.29 is 9.59 Å². The Morgan fingerprint density at radius 2 is 2.04 bits per heavy atom. The number of anilines is 1. The molecule has 0 bridgehead atoms. The Kier molecular flexibility index (Phi) is 6.96. The van der Waals surface area contributed by atoms with Gasteiger partial charge in [0.2, 0.25) is 5.91 Å². The maximum atomic E-state index is 12.7. The fraction of sp³-hybridized carbons (Fsp3) is 0.579. The van der Waals surface area contributed by atoms with Gasteiger partial charge in [-0.05, 0) is 57.1 Å². The topological polar surface area (TPSA) is 78.7 Å². The molecule has 2 amide bonds. The van der Waals surface area contributed by atoms with Gasteiger partial charge in [-0.25, -0.2) is 0 Å². The number of rotatable bonds is 6. The van der Waals surface area contributed by atoms with Gasteiger partial charge < -0.3 is 20.9 Å². The van der Waals surface area contributed by atoms with Crippen LogP contribution in [-0.2, 0) is 4.79 Å². The van der Waals surface area contributed by atoms with E-state index in [1.165, 1.54) is 0 Å². The van der Waals surface area contributed by atoms with E-state index in [4.69, 9.17) is 5.73 Å². The second kappa shape index (κ2) is 8.97. The molecule has 1 aliphatic heterocycles. The van der Waals surface area contributed by atoms with E-state index in [1.807, 2.05) is 18.9 Å². The second-order valence-corrected chi connectivity index (χ2v) is 6.94. The summed E-state index contributed by atoms with van der Waals surface area (Å²) in [5, 5.41) is 2.80. The van der Waals surface area contributed by atoms with Gasteiger partial charge in [0, 0.05) is 30.9 Å². The molecule has 1 aromatic rings.